The summed E-state index contributed by atoms with van der Waals surface area (Å²) in [6, 6.07) is 0.982. The molecule has 0 amide bonds. The summed E-state index contributed by atoms with van der Waals surface area (Å²) in [7, 11) is 0. The number of likely N-dealkylation sites (tertiary alicyclic amines) is 1. The highest BCUT2D eigenvalue weighted by molar-refractivity contribution is 4.98. The molecule has 0 radical (unpaired) electrons. The lowest BCUT2D eigenvalue weighted by molar-refractivity contribution is 0.200. The molecule has 0 aromatic heterocycles. The van der Waals surface area contributed by atoms with Crippen LogP contribution in [0.25, 0.3) is 0 Å². The van der Waals surface area contributed by atoms with Gasteiger partial charge in [-0.25, -0.2) is 0 Å². The Hall–Kier alpha value is -0.0400. The average Bonchev–Trinajstić information content (AvgIpc) is 2.85. The Morgan fingerprint density at radius 1 is 0.769 bits per heavy atom. The number of hydrogen-bond acceptors (Lipinski definition) is 1. The van der Waals surface area contributed by atoms with Crippen LogP contribution in [0.4, 0.5) is 0 Å². The number of piperidine rings is 1. The lowest BCUT2D eigenvalue weighted by atomic mass is 10.1. The van der Waals surface area contributed by atoms with Gasteiger partial charge in [0.1, 0.15) is 0 Å². The van der Waals surface area contributed by atoms with Gasteiger partial charge in [-0.2, -0.15) is 0 Å². The minimum Gasteiger partial charge on any atom is -0.300 e. The molecule has 2 atom stereocenters. The van der Waals surface area contributed by atoms with Gasteiger partial charge in [0.05, 0.1) is 0 Å². The molecular formula is C12H21N. The van der Waals surface area contributed by atoms with E-state index in [9.17, 15) is 0 Å². The Bertz CT molecular complexity index is 172. The first-order valence-electron chi connectivity index (χ1n) is 6.17. The van der Waals surface area contributed by atoms with Crippen molar-refractivity contribution < 1.29 is 0 Å². The normalized spacial score (nSPS) is 41.5. The molecule has 1 saturated heterocycles. The highest BCUT2D eigenvalue weighted by Crippen LogP contribution is 2.46. The predicted octanol–water partition coefficient (Wildman–Crippen LogP) is 2.66. The fourth-order valence-electron chi connectivity index (χ4n) is 3.36. The third kappa shape index (κ3) is 1.63. The molecule has 0 spiro atoms. The molecule has 3 rings (SSSR count). The summed E-state index contributed by atoms with van der Waals surface area (Å²) >= 11 is 0. The zero-order valence-corrected chi connectivity index (χ0v) is 8.54. The highest BCUT2D eigenvalue weighted by Gasteiger charge is 2.46. The van der Waals surface area contributed by atoms with Crippen LogP contribution in [0, 0.1) is 11.8 Å². The lowest BCUT2D eigenvalue weighted by Gasteiger charge is -2.27. The fraction of sp³-hybridized carbons (Fsp3) is 1.00. The van der Waals surface area contributed by atoms with Gasteiger partial charge in [-0.1, -0.05) is 25.7 Å². The smallest absolute Gasteiger partial charge is 0.00954 e. The Kier molecular flexibility index (Phi) is 2.08. The van der Waals surface area contributed by atoms with Gasteiger partial charge in [-0.3, -0.25) is 4.90 Å². The van der Waals surface area contributed by atoms with Crippen molar-refractivity contribution in [2.75, 3.05) is 13.1 Å². The molecule has 0 aromatic rings. The first-order chi connectivity index (χ1) is 6.43. The highest BCUT2D eigenvalue weighted by atomic mass is 15.2. The molecule has 0 aromatic carbocycles. The second-order valence-corrected chi connectivity index (χ2v) is 5.36. The van der Waals surface area contributed by atoms with Gasteiger partial charge < -0.3 is 0 Å². The molecule has 74 valence electrons. The maximum Gasteiger partial charge on any atom is 0.00954 e. The largest absolute Gasteiger partial charge is 0.300 e. The first kappa shape index (κ1) is 8.28. The van der Waals surface area contributed by atoms with Crippen LogP contribution in [-0.2, 0) is 0 Å². The van der Waals surface area contributed by atoms with Gasteiger partial charge in [0.2, 0.25) is 0 Å². The van der Waals surface area contributed by atoms with Crippen molar-refractivity contribution in [1.29, 1.82) is 0 Å². The van der Waals surface area contributed by atoms with E-state index in [-0.39, 0.29) is 0 Å². The van der Waals surface area contributed by atoms with E-state index in [1.54, 1.807) is 6.42 Å². The molecule has 1 aliphatic heterocycles. The van der Waals surface area contributed by atoms with Crippen molar-refractivity contribution in [3.63, 3.8) is 0 Å². The lowest BCUT2D eigenvalue weighted by Crippen LogP contribution is -2.34. The minimum absolute atomic E-state index is 0.982. The molecule has 3 fully saturated rings. The molecule has 1 heterocycles. The maximum atomic E-state index is 2.81. The number of hydrogen-bond donors (Lipinski definition) is 0. The summed E-state index contributed by atoms with van der Waals surface area (Å²) in [6.45, 7) is 2.91. The monoisotopic (exact) mass is 179 g/mol. The molecule has 1 heteroatoms. The van der Waals surface area contributed by atoms with E-state index in [0.717, 1.165) is 17.9 Å². The van der Waals surface area contributed by atoms with Crippen LogP contribution < -0.4 is 0 Å². The van der Waals surface area contributed by atoms with E-state index in [0.29, 0.717) is 0 Å². The summed E-state index contributed by atoms with van der Waals surface area (Å²) in [5.74, 6) is 2.26. The number of rotatable bonds is 1. The summed E-state index contributed by atoms with van der Waals surface area (Å²) in [4.78, 5) is 2.81. The average molecular weight is 179 g/mol. The van der Waals surface area contributed by atoms with Crippen LogP contribution in [0.15, 0.2) is 0 Å². The van der Waals surface area contributed by atoms with Gasteiger partial charge in [0, 0.05) is 19.1 Å². The first-order valence-corrected chi connectivity index (χ1v) is 6.17. The van der Waals surface area contributed by atoms with E-state index in [1.165, 1.54) is 51.6 Å². The Labute approximate surface area is 81.5 Å². The zero-order chi connectivity index (χ0) is 8.67. The molecular weight excluding hydrogens is 158 g/mol. The number of fused-ring (bicyclic) bond motifs is 1. The molecule has 0 N–H and O–H groups in total. The summed E-state index contributed by atoms with van der Waals surface area (Å²) in [6.07, 6.45) is 10.5. The maximum absolute atomic E-state index is 2.81. The SMILES string of the molecule is C1CCCC(N2CC3CC3C2)CC1. The van der Waals surface area contributed by atoms with Gasteiger partial charge in [0.15, 0.2) is 0 Å². The van der Waals surface area contributed by atoms with E-state index in [1.807, 2.05) is 0 Å². The van der Waals surface area contributed by atoms with Gasteiger partial charge in [-0.15, -0.1) is 0 Å². The van der Waals surface area contributed by atoms with Crippen molar-refractivity contribution >= 4 is 0 Å². The van der Waals surface area contributed by atoms with Crippen LogP contribution in [0.2, 0.25) is 0 Å². The molecule has 2 saturated carbocycles. The Morgan fingerprint density at radius 3 is 2.00 bits per heavy atom. The van der Waals surface area contributed by atoms with Crippen LogP contribution in [0.5, 0.6) is 0 Å². The molecule has 3 aliphatic rings. The summed E-state index contributed by atoms with van der Waals surface area (Å²) in [5.41, 5.74) is 0. The quantitative estimate of drug-likeness (QED) is 0.559. The molecule has 13 heavy (non-hydrogen) atoms. The molecule has 0 bridgehead atoms. The van der Waals surface area contributed by atoms with Crippen molar-refractivity contribution in [2.24, 2.45) is 11.8 Å². The van der Waals surface area contributed by atoms with Crippen molar-refractivity contribution in [3.8, 4) is 0 Å². The third-order valence-electron chi connectivity index (χ3n) is 4.35. The van der Waals surface area contributed by atoms with Crippen LogP contribution in [0.1, 0.15) is 44.9 Å². The summed E-state index contributed by atoms with van der Waals surface area (Å²) in [5, 5.41) is 0. The van der Waals surface area contributed by atoms with Crippen molar-refractivity contribution in [3.05, 3.63) is 0 Å². The second-order valence-electron chi connectivity index (χ2n) is 5.36. The predicted molar refractivity (Wildman–Crippen MR) is 54.7 cm³/mol. The summed E-state index contributed by atoms with van der Waals surface area (Å²) < 4.78 is 0. The van der Waals surface area contributed by atoms with E-state index >= 15 is 0 Å². The van der Waals surface area contributed by atoms with Crippen molar-refractivity contribution in [1.82, 2.24) is 4.90 Å². The number of nitrogens with zero attached hydrogens (tertiary/aromatic N) is 1. The van der Waals surface area contributed by atoms with Crippen LogP contribution >= 0.6 is 0 Å². The van der Waals surface area contributed by atoms with Crippen LogP contribution in [0.3, 0.4) is 0 Å². The zero-order valence-electron chi connectivity index (χ0n) is 8.54. The van der Waals surface area contributed by atoms with Gasteiger partial charge >= 0.3 is 0 Å². The Balaban J connectivity index is 1.57. The van der Waals surface area contributed by atoms with Gasteiger partial charge in [-0.05, 0) is 31.1 Å². The van der Waals surface area contributed by atoms with Gasteiger partial charge in [0.25, 0.3) is 0 Å². The fourth-order valence-corrected chi connectivity index (χ4v) is 3.36. The van der Waals surface area contributed by atoms with E-state index in [2.05, 4.69) is 4.90 Å². The standard InChI is InChI=1S/C12H21N/c1-2-4-6-12(5-3-1)13-8-10-7-11(10)9-13/h10-12H,1-9H2. The second kappa shape index (κ2) is 3.27. The molecule has 2 aliphatic carbocycles. The molecule has 2 unspecified atom stereocenters. The Morgan fingerprint density at radius 2 is 1.38 bits per heavy atom. The van der Waals surface area contributed by atoms with E-state index in [4.69, 9.17) is 0 Å². The molecule has 1 nitrogen and oxygen atoms in total. The van der Waals surface area contributed by atoms with E-state index < -0.39 is 0 Å². The topological polar surface area (TPSA) is 3.24 Å². The third-order valence-corrected chi connectivity index (χ3v) is 4.35. The minimum atomic E-state index is 0.982. The van der Waals surface area contributed by atoms with Crippen LogP contribution in [-0.4, -0.2) is 24.0 Å². The van der Waals surface area contributed by atoms with Crippen molar-refractivity contribution in [2.45, 2.75) is 51.0 Å².